The van der Waals surface area contributed by atoms with Gasteiger partial charge in [-0.05, 0) is 18.6 Å². The van der Waals surface area contributed by atoms with Crippen LogP contribution in [-0.2, 0) is 4.79 Å². The van der Waals surface area contributed by atoms with E-state index in [2.05, 4.69) is 6.58 Å². The van der Waals surface area contributed by atoms with Crippen molar-refractivity contribution in [1.82, 2.24) is 0 Å². The van der Waals surface area contributed by atoms with Crippen molar-refractivity contribution in [2.45, 2.75) is 6.92 Å². The largest absolute Gasteiger partial charge is 1.00 e. The number of benzene rings is 1. The molecule has 5 heteroatoms. The Hall–Kier alpha value is -1.10. The maximum atomic E-state index is 11.0. The van der Waals surface area contributed by atoms with Gasteiger partial charge in [-0.25, -0.2) is 4.79 Å². The fourth-order valence-electron chi connectivity index (χ4n) is 1.09. The molecule has 1 rings (SSSR count). The monoisotopic (exact) mass is 228 g/mol. The van der Waals surface area contributed by atoms with Gasteiger partial charge in [0.25, 0.3) is 0 Å². The molecule has 16 heavy (non-hydrogen) atoms. The Kier molecular flexibility index (Phi) is 6.03. The van der Waals surface area contributed by atoms with E-state index < -0.39 is 11.9 Å². The van der Waals surface area contributed by atoms with Crippen molar-refractivity contribution < 1.29 is 49.0 Å². The van der Waals surface area contributed by atoms with Crippen molar-refractivity contribution >= 4 is 11.9 Å². The Bertz CT molecular complexity index is 426. The molecule has 1 aromatic carbocycles. The summed E-state index contributed by atoms with van der Waals surface area (Å²) in [5.74, 6) is -2.08. The van der Waals surface area contributed by atoms with E-state index in [4.69, 9.17) is 4.74 Å². The number of carbonyl (C=O) groups is 2. The summed E-state index contributed by atoms with van der Waals surface area (Å²) in [7, 11) is 0. The first kappa shape index (κ1) is 14.9. The number of rotatable bonds is 3. The van der Waals surface area contributed by atoms with Gasteiger partial charge in [0.1, 0.15) is 5.75 Å². The van der Waals surface area contributed by atoms with Crippen molar-refractivity contribution in [2.24, 2.45) is 0 Å². The van der Waals surface area contributed by atoms with E-state index in [0.29, 0.717) is 5.56 Å². The molecule has 0 aliphatic heterocycles. The fourth-order valence-corrected chi connectivity index (χ4v) is 1.09. The molecular formula is C11H9NaO4. The second-order valence-electron chi connectivity index (χ2n) is 2.86. The molecule has 0 atom stereocenters. The SMILES string of the molecule is C=CC(=O)Oc1c(C)cccc1C(=O)[O-].[Na+]. The van der Waals surface area contributed by atoms with Gasteiger partial charge in [-0.2, -0.15) is 0 Å². The fraction of sp³-hybridized carbons (Fsp3) is 0.0909. The van der Waals surface area contributed by atoms with Crippen LogP contribution in [0.3, 0.4) is 0 Å². The van der Waals surface area contributed by atoms with E-state index in [9.17, 15) is 14.7 Å². The Morgan fingerprint density at radius 3 is 2.56 bits per heavy atom. The van der Waals surface area contributed by atoms with E-state index in [1.165, 1.54) is 6.07 Å². The number of aromatic carboxylic acids is 1. The number of aryl methyl sites for hydroxylation is 1. The molecule has 0 spiro atoms. The number of carboxylic acids is 1. The second kappa shape index (κ2) is 6.48. The number of hydrogen-bond acceptors (Lipinski definition) is 4. The first-order valence-corrected chi connectivity index (χ1v) is 4.21. The van der Waals surface area contributed by atoms with Crippen LogP contribution < -0.4 is 39.4 Å². The van der Waals surface area contributed by atoms with Crippen LogP contribution in [0, 0.1) is 6.92 Å². The summed E-state index contributed by atoms with van der Waals surface area (Å²) in [6, 6.07) is 4.50. The minimum Gasteiger partial charge on any atom is -0.545 e. The number of carboxylic acid groups (broad SMARTS) is 1. The quantitative estimate of drug-likeness (QED) is 0.247. The Balaban J connectivity index is 0.00000225. The molecule has 0 saturated carbocycles. The molecular weight excluding hydrogens is 219 g/mol. The molecule has 78 valence electrons. The summed E-state index contributed by atoms with van der Waals surface area (Å²) in [6.45, 7) is 4.86. The van der Waals surface area contributed by atoms with Gasteiger partial charge in [0.05, 0.1) is 5.97 Å². The molecule has 0 bridgehead atoms. The third-order valence-corrected chi connectivity index (χ3v) is 1.80. The van der Waals surface area contributed by atoms with Crippen LogP contribution in [0.15, 0.2) is 30.9 Å². The topological polar surface area (TPSA) is 66.4 Å². The molecule has 0 amide bonds. The molecule has 1 aromatic rings. The standard InChI is InChI=1S/C11H10O4.Na/c1-3-9(12)15-10-7(2)5-4-6-8(10)11(13)14;/h3-6H,1H2,2H3,(H,13,14);/q;+1/p-1. The normalized spacial score (nSPS) is 8.81. The molecule has 0 unspecified atom stereocenters. The molecule has 4 nitrogen and oxygen atoms in total. The summed E-state index contributed by atoms with van der Waals surface area (Å²) < 4.78 is 4.81. The predicted molar refractivity (Wildman–Crippen MR) is 51.3 cm³/mol. The predicted octanol–water partition coefficient (Wildman–Crippen LogP) is -2.55. The average Bonchev–Trinajstić information content (AvgIpc) is 2.20. The number of ether oxygens (including phenoxy) is 1. The summed E-state index contributed by atoms with van der Waals surface area (Å²) in [6.07, 6.45) is 0.964. The van der Waals surface area contributed by atoms with Gasteiger partial charge in [-0.3, -0.25) is 0 Å². The van der Waals surface area contributed by atoms with E-state index >= 15 is 0 Å². The smallest absolute Gasteiger partial charge is 0.545 e. The number of esters is 1. The minimum absolute atomic E-state index is 0. The van der Waals surface area contributed by atoms with E-state index in [-0.39, 0.29) is 40.9 Å². The van der Waals surface area contributed by atoms with Gasteiger partial charge in [-0.1, -0.05) is 18.7 Å². The zero-order valence-electron chi connectivity index (χ0n) is 9.15. The van der Waals surface area contributed by atoms with Crippen LogP contribution >= 0.6 is 0 Å². The van der Waals surface area contributed by atoms with Crippen LogP contribution in [0.25, 0.3) is 0 Å². The molecule has 0 aliphatic rings. The maximum absolute atomic E-state index is 11.0. The first-order chi connectivity index (χ1) is 7.06. The average molecular weight is 228 g/mol. The van der Waals surface area contributed by atoms with Gasteiger partial charge in [-0.15, -0.1) is 0 Å². The van der Waals surface area contributed by atoms with Gasteiger partial charge >= 0.3 is 35.5 Å². The summed E-state index contributed by atoms with van der Waals surface area (Å²) >= 11 is 0. The van der Waals surface area contributed by atoms with Crippen LogP contribution in [0.1, 0.15) is 15.9 Å². The van der Waals surface area contributed by atoms with E-state index in [1.807, 2.05) is 0 Å². The van der Waals surface area contributed by atoms with Gasteiger partial charge < -0.3 is 14.6 Å². The Morgan fingerprint density at radius 2 is 2.06 bits per heavy atom. The molecule has 0 saturated heterocycles. The summed E-state index contributed by atoms with van der Waals surface area (Å²) in [5.41, 5.74) is 0.400. The molecule has 0 N–H and O–H groups in total. The number of hydrogen-bond donors (Lipinski definition) is 0. The molecule has 0 heterocycles. The van der Waals surface area contributed by atoms with E-state index in [1.54, 1.807) is 19.1 Å². The molecule has 0 aromatic heterocycles. The van der Waals surface area contributed by atoms with Gasteiger partial charge in [0.15, 0.2) is 0 Å². The zero-order valence-corrected chi connectivity index (χ0v) is 11.1. The Labute approximate surface area is 115 Å². The first-order valence-electron chi connectivity index (χ1n) is 4.21. The van der Waals surface area contributed by atoms with Gasteiger partial charge in [0, 0.05) is 11.6 Å². The van der Waals surface area contributed by atoms with Crippen molar-refractivity contribution in [3.05, 3.63) is 42.0 Å². The number of para-hydroxylation sites is 1. The molecule has 0 aliphatic carbocycles. The summed E-state index contributed by atoms with van der Waals surface area (Å²) in [4.78, 5) is 21.7. The minimum atomic E-state index is -1.38. The van der Waals surface area contributed by atoms with Crippen LogP contribution in [0.2, 0.25) is 0 Å². The van der Waals surface area contributed by atoms with Gasteiger partial charge in [0.2, 0.25) is 0 Å². The van der Waals surface area contributed by atoms with E-state index in [0.717, 1.165) is 6.08 Å². The maximum Gasteiger partial charge on any atom is 1.00 e. The van der Waals surface area contributed by atoms with Crippen molar-refractivity contribution in [1.29, 1.82) is 0 Å². The third-order valence-electron chi connectivity index (χ3n) is 1.80. The molecule has 0 fully saturated rings. The second-order valence-corrected chi connectivity index (χ2v) is 2.86. The van der Waals surface area contributed by atoms with Crippen LogP contribution in [0.4, 0.5) is 0 Å². The van der Waals surface area contributed by atoms with Crippen LogP contribution in [0.5, 0.6) is 5.75 Å². The Morgan fingerprint density at radius 1 is 1.44 bits per heavy atom. The van der Waals surface area contributed by atoms with Crippen molar-refractivity contribution in [3.8, 4) is 5.75 Å². The van der Waals surface area contributed by atoms with Crippen LogP contribution in [-0.4, -0.2) is 11.9 Å². The van der Waals surface area contributed by atoms with Crippen molar-refractivity contribution in [2.75, 3.05) is 0 Å². The van der Waals surface area contributed by atoms with Crippen molar-refractivity contribution in [3.63, 3.8) is 0 Å². The molecule has 0 radical (unpaired) electrons. The summed E-state index contributed by atoms with van der Waals surface area (Å²) in [5, 5.41) is 10.7. The zero-order chi connectivity index (χ0) is 11.4. The number of carbonyl (C=O) groups excluding carboxylic acids is 2. The third kappa shape index (κ3) is 3.48.